The highest BCUT2D eigenvalue weighted by Gasteiger charge is 2.33. The van der Waals surface area contributed by atoms with Gasteiger partial charge in [-0.1, -0.05) is 12.7 Å². The molecule has 2 atom stereocenters. The minimum Gasteiger partial charge on any atom is -0.445 e. The summed E-state index contributed by atoms with van der Waals surface area (Å²) in [5.41, 5.74) is 0. The number of likely N-dealkylation sites (tertiary alicyclic amines) is 1. The molecule has 1 fully saturated rings. The first-order valence-corrected chi connectivity index (χ1v) is 5.04. The third kappa shape index (κ3) is 2.65. The van der Waals surface area contributed by atoms with Gasteiger partial charge >= 0.3 is 6.09 Å². The molecule has 80 valence electrons. The standard InChI is InChI=1S/C9H15NO3S/c1-2-3-13-9(12)10-5-8(14)4-7(10)6-11/h2,7-8,11,14H,1,3-6H2/t7-,8-/m0/s1. The van der Waals surface area contributed by atoms with Gasteiger partial charge in [-0.25, -0.2) is 4.79 Å². The Labute approximate surface area is 88.9 Å². The fraction of sp³-hybridized carbons (Fsp3) is 0.667. The molecular weight excluding hydrogens is 202 g/mol. The van der Waals surface area contributed by atoms with Gasteiger partial charge in [-0.05, 0) is 6.42 Å². The number of rotatable bonds is 3. The number of hydrogen-bond donors (Lipinski definition) is 2. The first-order valence-electron chi connectivity index (χ1n) is 4.52. The van der Waals surface area contributed by atoms with E-state index in [0.717, 1.165) is 0 Å². The average Bonchev–Trinajstić information content (AvgIpc) is 2.56. The lowest BCUT2D eigenvalue weighted by Gasteiger charge is -2.21. The van der Waals surface area contributed by atoms with Crippen molar-refractivity contribution < 1.29 is 14.6 Å². The Bertz CT molecular complexity index is 222. The molecule has 0 spiro atoms. The van der Waals surface area contributed by atoms with Crippen LogP contribution in [0.4, 0.5) is 4.79 Å². The van der Waals surface area contributed by atoms with Gasteiger partial charge in [0, 0.05) is 11.8 Å². The third-order valence-electron chi connectivity index (χ3n) is 2.16. The number of aliphatic hydroxyl groups is 1. The predicted molar refractivity (Wildman–Crippen MR) is 56.5 cm³/mol. The van der Waals surface area contributed by atoms with Crippen LogP contribution in [-0.2, 0) is 4.74 Å². The molecule has 0 aromatic rings. The number of hydrogen-bond acceptors (Lipinski definition) is 4. The van der Waals surface area contributed by atoms with E-state index in [1.165, 1.54) is 11.0 Å². The van der Waals surface area contributed by atoms with Crippen molar-refractivity contribution in [3.8, 4) is 0 Å². The minimum atomic E-state index is -0.402. The molecule has 1 aliphatic rings. The van der Waals surface area contributed by atoms with E-state index in [4.69, 9.17) is 9.84 Å². The van der Waals surface area contributed by atoms with Gasteiger partial charge in [0.05, 0.1) is 12.6 Å². The van der Waals surface area contributed by atoms with Gasteiger partial charge in [0.25, 0.3) is 0 Å². The maximum Gasteiger partial charge on any atom is 0.410 e. The Morgan fingerprint density at radius 3 is 3.07 bits per heavy atom. The highest BCUT2D eigenvalue weighted by atomic mass is 32.1. The summed E-state index contributed by atoms with van der Waals surface area (Å²) >= 11 is 4.27. The van der Waals surface area contributed by atoms with E-state index in [9.17, 15) is 4.79 Å². The number of nitrogens with zero attached hydrogens (tertiary/aromatic N) is 1. The number of aliphatic hydroxyl groups excluding tert-OH is 1. The number of carbonyl (C=O) groups excluding carboxylic acids is 1. The van der Waals surface area contributed by atoms with Gasteiger partial charge in [0.15, 0.2) is 0 Å². The van der Waals surface area contributed by atoms with Crippen molar-refractivity contribution in [3.63, 3.8) is 0 Å². The van der Waals surface area contributed by atoms with Crippen LogP contribution in [-0.4, -0.2) is 47.1 Å². The molecule has 0 bridgehead atoms. The molecule has 1 aliphatic heterocycles. The molecule has 1 rings (SSSR count). The number of thiol groups is 1. The maximum atomic E-state index is 11.4. The molecule has 0 aromatic carbocycles. The Balaban J connectivity index is 2.48. The van der Waals surface area contributed by atoms with Gasteiger partial charge in [-0.3, -0.25) is 0 Å². The molecule has 0 unspecified atom stereocenters. The fourth-order valence-corrected chi connectivity index (χ4v) is 1.92. The summed E-state index contributed by atoms with van der Waals surface area (Å²) in [6, 6.07) is -0.158. The Kier molecular flexibility index (Phi) is 4.28. The van der Waals surface area contributed by atoms with Crippen LogP contribution in [0.15, 0.2) is 12.7 Å². The summed E-state index contributed by atoms with van der Waals surface area (Å²) in [5, 5.41) is 9.15. The molecular formula is C9H15NO3S. The number of carbonyl (C=O) groups is 1. The second-order valence-electron chi connectivity index (χ2n) is 3.24. The van der Waals surface area contributed by atoms with Crippen molar-refractivity contribution in [1.82, 2.24) is 4.90 Å². The summed E-state index contributed by atoms with van der Waals surface area (Å²) in [6.07, 6.45) is 1.82. The zero-order valence-corrected chi connectivity index (χ0v) is 8.82. The van der Waals surface area contributed by atoms with Gasteiger partial charge in [-0.15, -0.1) is 0 Å². The summed E-state index contributed by atoms with van der Waals surface area (Å²) in [7, 11) is 0. The quantitative estimate of drug-likeness (QED) is 0.540. The zero-order chi connectivity index (χ0) is 10.6. The van der Waals surface area contributed by atoms with Crippen LogP contribution in [0, 0.1) is 0 Å². The van der Waals surface area contributed by atoms with Gasteiger partial charge < -0.3 is 14.7 Å². The molecule has 0 aromatic heterocycles. The van der Waals surface area contributed by atoms with Gasteiger partial charge in [0.1, 0.15) is 6.61 Å². The SMILES string of the molecule is C=CCOC(=O)N1C[C@@H](S)C[C@H]1CO. The molecule has 1 heterocycles. The normalized spacial score (nSPS) is 26.3. The van der Waals surface area contributed by atoms with E-state index >= 15 is 0 Å². The van der Waals surface area contributed by atoms with Gasteiger partial charge in [0.2, 0.25) is 0 Å². The molecule has 0 radical (unpaired) electrons. The topological polar surface area (TPSA) is 49.8 Å². The van der Waals surface area contributed by atoms with Gasteiger partial charge in [-0.2, -0.15) is 12.6 Å². The first kappa shape index (κ1) is 11.4. The predicted octanol–water partition coefficient (Wildman–Crippen LogP) is 0.674. The molecule has 5 heteroatoms. The van der Waals surface area contributed by atoms with Crippen molar-refractivity contribution in [2.24, 2.45) is 0 Å². The highest BCUT2D eigenvalue weighted by Crippen LogP contribution is 2.22. The number of amides is 1. The summed E-state index contributed by atoms with van der Waals surface area (Å²) in [4.78, 5) is 12.9. The Hall–Kier alpha value is -0.680. The van der Waals surface area contributed by atoms with Crippen molar-refractivity contribution in [2.45, 2.75) is 17.7 Å². The molecule has 0 saturated carbocycles. The molecule has 1 saturated heterocycles. The molecule has 4 nitrogen and oxygen atoms in total. The lowest BCUT2D eigenvalue weighted by atomic mass is 10.2. The van der Waals surface area contributed by atoms with Crippen LogP contribution in [0.1, 0.15) is 6.42 Å². The molecule has 1 N–H and O–H groups in total. The minimum absolute atomic E-state index is 0.0414. The van der Waals surface area contributed by atoms with Crippen molar-refractivity contribution in [2.75, 3.05) is 19.8 Å². The lowest BCUT2D eigenvalue weighted by molar-refractivity contribution is 0.0926. The van der Waals surface area contributed by atoms with Crippen LogP contribution >= 0.6 is 12.6 Å². The third-order valence-corrected chi connectivity index (χ3v) is 2.54. The molecule has 1 amide bonds. The Morgan fingerprint density at radius 2 is 2.50 bits per heavy atom. The van der Waals surface area contributed by atoms with Crippen LogP contribution in [0.3, 0.4) is 0 Å². The molecule has 0 aliphatic carbocycles. The second-order valence-corrected chi connectivity index (χ2v) is 3.97. The van der Waals surface area contributed by atoms with Crippen molar-refractivity contribution in [3.05, 3.63) is 12.7 Å². The van der Waals surface area contributed by atoms with E-state index in [2.05, 4.69) is 19.2 Å². The number of ether oxygens (including phenoxy) is 1. The average molecular weight is 217 g/mol. The summed E-state index contributed by atoms with van der Waals surface area (Å²) in [6.45, 7) is 4.14. The van der Waals surface area contributed by atoms with Crippen molar-refractivity contribution >= 4 is 18.7 Å². The highest BCUT2D eigenvalue weighted by molar-refractivity contribution is 7.81. The lowest BCUT2D eigenvalue weighted by Crippen LogP contribution is -2.38. The maximum absolute atomic E-state index is 11.4. The van der Waals surface area contributed by atoms with E-state index in [-0.39, 0.29) is 24.5 Å². The van der Waals surface area contributed by atoms with E-state index < -0.39 is 6.09 Å². The van der Waals surface area contributed by atoms with Crippen LogP contribution in [0.5, 0.6) is 0 Å². The molecule has 14 heavy (non-hydrogen) atoms. The van der Waals surface area contributed by atoms with Crippen LogP contribution in [0.25, 0.3) is 0 Å². The van der Waals surface area contributed by atoms with E-state index in [1.54, 1.807) is 0 Å². The fourth-order valence-electron chi connectivity index (χ4n) is 1.50. The summed E-state index contributed by atoms with van der Waals surface area (Å²) < 4.78 is 4.88. The second kappa shape index (κ2) is 5.26. The van der Waals surface area contributed by atoms with Crippen LogP contribution in [0.2, 0.25) is 0 Å². The zero-order valence-electron chi connectivity index (χ0n) is 7.93. The van der Waals surface area contributed by atoms with Crippen molar-refractivity contribution in [1.29, 1.82) is 0 Å². The summed E-state index contributed by atoms with van der Waals surface area (Å²) in [5.74, 6) is 0. The first-order chi connectivity index (χ1) is 6.69. The van der Waals surface area contributed by atoms with E-state index in [1.807, 2.05) is 0 Å². The van der Waals surface area contributed by atoms with E-state index in [0.29, 0.717) is 13.0 Å². The monoisotopic (exact) mass is 217 g/mol. The smallest absolute Gasteiger partial charge is 0.410 e. The van der Waals surface area contributed by atoms with Crippen LogP contribution < -0.4 is 0 Å². The largest absolute Gasteiger partial charge is 0.445 e. The Morgan fingerprint density at radius 1 is 1.79 bits per heavy atom.